The number of hydrogen-bond donors (Lipinski definition) is 1. The Balaban J connectivity index is 1.59. The number of H-pyrrole nitrogens is 1. The van der Waals surface area contributed by atoms with Crippen molar-refractivity contribution in [1.29, 1.82) is 0 Å². The van der Waals surface area contributed by atoms with Crippen LogP contribution in [0.3, 0.4) is 0 Å². The Bertz CT molecular complexity index is 1180. The number of carbonyl (C=O) groups is 1. The third-order valence-electron chi connectivity index (χ3n) is 3.83. The molecule has 3 aromatic heterocycles. The smallest absolute Gasteiger partial charge is 0.356 e. The number of thiazole rings is 1. The van der Waals surface area contributed by atoms with Crippen LogP contribution in [0.1, 0.15) is 21.9 Å². The normalized spacial score (nSPS) is 11.3. The Morgan fingerprint density at radius 2 is 2.20 bits per heavy atom. The first-order valence-electron chi connectivity index (χ1n) is 7.44. The van der Waals surface area contributed by atoms with Crippen molar-refractivity contribution in [1.82, 2.24) is 14.4 Å². The molecule has 126 valence electrons. The van der Waals surface area contributed by atoms with Gasteiger partial charge in [0.05, 0.1) is 10.2 Å². The minimum Gasteiger partial charge on any atom is -0.454 e. The van der Waals surface area contributed by atoms with Crippen LogP contribution in [-0.4, -0.2) is 20.3 Å². The number of ether oxygens (including phenoxy) is 1. The number of benzene rings is 1. The zero-order valence-electron chi connectivity index (χ0n) is 13.1. The second kappa shape index (κ2) is 6.12. The van der Waals surface area contributed by atoms with Gasteiger partial charge in [0.2, 0.25) is 0 Å². The van der Waals surface area contributed by atoms with Crippen molar-refractivity contribution in [2.45, 2.75) is 13.5 Å². The van der Waals surface area contributed by atoms with Crippen molar-refractivity contribution in [2.24, 2.45) is 0 Å². The lowest BCUT2D eigenvalue weighted by Gasteiger charge is -2.04. The summed E-state index contributed by atoms with van der Waals surface area (Å²) in [4.78, 5) is 32.5. The van der Waals surface area contributed by atoms with Gasteiger partial charge in [0.15, 0.2) is 4.96 Å². The number of aromatic nitrogens is 3. The van der Waals surface area contributed by atoms with Gasteiger partial charge in [-0.25, -0.2) is 9.78 Å². The van der Waals surface area contributed by atoms with Crippen LogP contribution >= 0.6 is 27.3 Å². The van der Waals surface area contributed by atoms with Gasteiger partial charge in [-0.15, -0.1) is 11.3 Å². The van der Waals surface area contributed by atoms with E-state index in [1.807, 2.05) is 36.6 Å². The van der Waals surface area contributed by atoms with Crippen LogP contribution in [-0.2, 0) is 11.3 Å². The molecule has 25 heavy (non-hydrogen) atoms. The molecule has 0 fully saturated rings. The molecule has 0 unspecified atom stereocenters. The summed E-state index contributed by atoms with van der Waals surface area (Å²) in [5.41, 5.74) is 2.26. The molecule has 0 aliphatic carbocycles. The fourth-order valence-corrected chi connectivity index (χ4v) is 4.13. The van der Waals surface area contributed by atoms with E-state index in [1.54, 1.807) is 0 Å². The highest BCUT2D eigenvalue weighted by molar-refractivity contribution is 9.10. The maximum absolute atomic E-state index is 12.4. The Morgan fingerprint density at radius 3 is 3.00 bits per heavy atom. The highest BCUT2D eigenvalue weighted by atomic mass is 79.9. The lowest BCUT2D eigenvalue weighted by Crippen LogP contribution is -2.16. The molecule has 0 radical (unpaired) electrons. The number of aryl methyl sites for hydroxylation is 1. The number of rotatable bonds is 3. The predicted molar refractivity (Wildman–Crippen MR) is 99.2 cm³/mol. The monoisotopic (exact) mass is 417 g/mol. The first kappa shape index (κ1) is 16.0. The quantitative estimate of drug-likeness (QED) is 0.516. The summed E-state index contributed by atoms with van der Waals surface area (Å²) in [6.07, 6.45) is 0. The maximum Gasteiger partial charge on any atom is 0.356 e. The average molecular weight is 418 g/mol. The predicted octanol–water partition coefficient (Wildman–Crippen LogP) is 3.67. The Labute approximate surface area is 154 Å². The number of carbonyl (C=O) groups excluding carboxylic acids is 1. The van der Waals surface area contributed by atoms with E-state index in [4.69, 9.17) is 4.74 Å². The molecule has 0 bridgehead atoms. The van der Waals surface area contributed by atoms with Gasteiger partial charge in [-0.2, -0.15) is 0 Å². The number of nitrogens with one attached hydrogen (secondary N) is 1. The number of halogens is 1. The first-order valence-corrected chi connectivity index (χ1v) is 9.12. The Morgan fingerprint density at radius 1 is 1.40 bits per heavy atom. The molecule has 6 nitrogen and oxygen atoms in total. The number of fused-ring (bicyclic) bond motifs is 2. The molecule has 8 heteroatoms. The summed E-state index contributed by atoms with van der Waals surface area (Å²) in [6, 6.07) is 8.95. The molecule has 0 atom stereocenters. The third kappa shape index (κ3) is 2.77. The molecular weight excluding hydrogens is 406 g/mol. The summed E-state index contributed by atoms with van der Waals surface area (Å²) in [6.45, 7) is 1.78. The van der Waals surface area contributed by atoms with Crippen molar-refractivity contribution < 1.29 is 9.53 Å². The number of nitrogens with zero attached hydrogens (tertiary/aromatic N) is 2. The number of esters is 1. The zero-order chi connectivity index (χ0) is 17.6. The maximum atomic E-state index is 12.4. The zero-order valence-corrected chi connectivity index (χ0v) is 15.5. The number of hydrogen-bond acceptors (Lipinski definition) is 5. The summed E-state index contributed by atoms with van der Waals surface area (Å²) in [5, 5.41) is 2.77. The van der Waals surface area contributed by atoms with E-state index in [2.05, 4.69) is 25.9 Å². The van der Waals surface area contributed by atoms with Crippen LogP contribution in [0.25, 0.3) is 15.9 Å². The molecular formula is C17H12BrN3O3S. The number of aromatic amines is 1. The average Bonchev–Trinajstić information content (AvgIpc) is 3.14. The van der Waals surface area contributed by atoms with Crippen LogP contribution in [0.15, 0.2) is 45.0 Å². The van der Waals surface area contributed by atoms with Crippen LogP contribution in [0.2, 0.25) is 0 Å². The number of para-hydroxylation sites is 1. The summed E-state index contributed by atoms with van der Waals surface area (Å²) >= 11 is 4.80. The summed E-state index contributed by atoms with van der Waals surface area (Å²) < 4.78 is 7.52. The van der Waals surface area contributed by atoms with Gasteiger partial charge >= 0.3 is 5.97 Å². The van der Waals surface area contributed by atoms with Gasteiger partial charge in [-0.1, -0.05) is 18.2 Å². The van der Waals surface area contributed by atoms with Gasteiger partial charge < -0.3 is 9.72 Å². The lowest BCUT2D eigenvalue weighted by atomic mass is 10.2. The van der Waals surface area contributed by atoms with Crippen molar-refractivity contribution in [3.05, 3.63) is 67.6 Å². The highest BCUT2D eigenvalue weighted by Crippen LogP contribution is 2.28. The van der Waals surface area contributed by atoms with E-state index in [0.29, 0.717) is 20.8 Å². The molecule has 0 aliphatic heterocycles. The van der Waals surface area contributed by atoms with Crippen molar-refractivity contribution in [3.8, 4) is 0 Å². The van der Waals surface area contributed by atoms with Crippen molar-refractivity contribution in [2.75, 3.05) is 0 Å². The fourth-order valence-electron chi connectivity index (χ4n) is 2.63. The molecule has 4 rings (SSSR count). The van der Waals surface area contributed by atoms with E-state index in [-0.39, 0.29) is 12.2 Å². The van der Waals surface area contributed by atoms with E-state index < -0.39 is 5.97 Å². The van der Waals surface area contributed by atoms with E-state index in [1.165, 1.54) is 21.8 Å². The standard InChI is InChI=1S/C17H12BrN3O3S/c1-9-8-25-17-19-10(6-13(22)21(9)17)7-24-16(23)15-14(18)11-4-2-3-5-12(11)20-15/h2-6,8,20H,7H2,1H3. The molecule has 0 spiro atoms. The first-order chi connectivity index (χ1) is 12.0. The SMILES string of the molecule is Cc1csc2nc(COC(=O)c3[nH]c4ccccc4c3Br)cc(=O)n12. The van der Waals surface area contributed by atoms with Gasteiger partial charge in [0.1, 0.15) is 12.3 Å². The van der Waals surface area contributed by atoms with Crippen LogP contribution in [0, 0.1) is 6.92 Å². The van der Waals surface area contributed by atoms with Crippen molar-refractivity contribution in [3.63, 3.8) is 0 Å². The summed E-state index contributed by atoms with van der Waals surface area (Å²) in [5.74, 6) is -0.507. The van der Waals surface area contributed by atoms with Gasteiger partial charge in [0, 0.05) is 28.0 Å². The van der Waals surface area contributed by atoms with E-state index in [9.17, 15) is 9.59 Å². The fraction of sp³-hybridized carbons (Fsp3) is 0.118. The molecule has 0 aliphatic rings. The van der Waals surface area contributed by atoms with E-state index in [0.717, 1.165) is 16.6 Å². The van der Waals surface area contributed by atoms with E-state index >= 15 is 0 Å². The molecule has 1 N–H and O–H groups in total. The van der Waals surface area contributed by atoms with Crippen molar-refractivity contribution >= 4 is 49.1 Å². The lowest BCUT2D eigenvalue weighted by molar-refractivity contribution is 0.0461. The topological polar surface area (TPSA) is 76.5 Å². The highest BCUT2D eigenvalue weighted by Gasteiger charge is 2.17. The minimum atomic E-state index is -0.507. The molecule has 0 saturated carbocycles. The second-order valence-corrected chi connectivity index (χ2v) is 7.15. The Hall–Kier alpha value is -2.45. The molecule has 3 heterocycles. The largest absolute Gasteiger partial charge is 0.454 e. The van der Waals surface area contributed by atoms with Crippen LogP contribution < -0.4 is 5.56 Å². The summed E-state index contributed by atoms with van der Waals surface area (Å²) in [7, 11) is 0. The Kier molecular flexibility index (Phi) is 3.93. The molecule has 1 aromatic carbocycles. The van der Waals surface area contributed by atoms with Crippen LogP contribution in [0.5, 0.6) is 0 Å². The molecule has 0 amide bonds. The van der Waals surface area contributed by atoms with Gasteiger partial charge in [0.25, 0.3) is 5.56 Å². The molecule has 0 saturated heterocycles. The molecule has 4 aromatic rings. The third-order valence-corrected chi connectivity index (χ3v) is 5.59. The second-order valence-electron chi connectivity index (χ2n) is 5.52. The van der Waals surface area contributed by atoms with Crippen LogP contribution in [0.4, 0.5) is 0 Å². The minimum absolute atomic E-state index is 0.0661. The van der Waals surface area contributed by atoms with Gasteiger partial charge in [-0.3, -0.25) is 9.20 Å². The van der Waals surface area contributed by atoms with Gasteiger partial charge in [-0.05, 0) is 28.9 Å².